The molecule has 1 fully saturated rings. The first-order chi connectivity index (χ1) is 8.08. The van der Waals surface area contributed by atoms with E-state index in [4.69, 9.17) is 4.74 Å². The van der Waals surface area contributed by atoms with Gasteiger partial charge in [-0.15, -0.1) is 0 Å². The lowest BCUT2D eigenvalue weighted by Crippen LogP contribution is -2.48. The lowest BCUT2D eigenvalue weighted by Gasteiger charge is -2.35. The monoisotopic (exact) mass is 241 g/mol. The van der Waals surface area contributed by atoms with Gasteiger partial charge in [0, 0.05) is 25.6 Å². The van der Waals surface area contributed by atoms with Gasteiger partial charge in [-0.3, -0.25) is 9.69 Å². The molecule has 100 valence electrons. The summed E-state index contributed by atoms with van der Waals surface area (Å²) in [5.74, 6) is 0.824. The average molecular weight is 241 g/mol. The van der Waals surface area contributed by atoms with Crippen LogP contribution in [0.1, 0.15) is 47.0 Å². The molecule has 1 unspecified atom stereocenters. The molecule has 1 heterocycles. The predicted molar refractivity (Wildman–Crippen MR) is 70.1 cm³/mol. The van der Waals surface area contributed by atoms with Crippen molar-refractivity contribution < 1.29 is 9.53 Å². The van der Waals surface area contributed by atoms with E-state index in [0.29, 0.717) is 30.8 Å². The largest absolute Gasteiger partial charge is 0.368 e. The molecule has 0 bridgehead atoms. The van der Waals surface area contributed by atoms with Crippen LogP contribution in [0.5, 0.6) is 0 Å². The first-order valence-corrected chi connectivity index (χ1v) is 6.96. The van der Waals surface area contributed by atoms with Gasteiger partial charge in [-0.25, -0.2) is 0 Å². The fourth-order valence-electron chi connectivity index (χ4n) is 2.33. The average Bonchev–Trinajstić information content (AvgIpc) is 2.35. The number of carbonyl (C=O) groups excluding carboxylic acids is 1. The maximum Gasteiger partial charge on any atom is 0.163 e. The Morgan fingerprint density at radius 2 is 2.00 bits per heavy atom. The molecule has 1 rings (SSSR count). The summed E-state index contributed by atoms with van der Waals surface area (Å²) >= 11 is 0. The van der Waals surface area contributed by atoms with E-state index < -0.39 is 0 Å². The molecule has 0 saturated carbocycles. The van der Waals surface area contributed by atoms with Gasteiger partial charge in [0.1, 0.15) is 6.10 Å². The first kappa shape index (κ1) is 14.7. The van der Waals surface area contributed by atoms with Gasteiger partial charge in [0.05, 0.1) is 6.61 Å². The Bertz CT molecular complexity index is 236. The SMILES string of the molecule is CCC(CC)CC(=O)C1CN(C(C)C)CCO1. The van der Waals surface area contributed by atoms with Crippen LogP contribution in [0, 0.1) is 5.92 Å². The van der Waals surface area contributed by atoms with Crippen molar-refractivity contribution in [2.24, 2.45) is 5.92 Å². The summed E-state index contributed by atoms with van der Waals surface area (Å²) in [6, 6.07) is 0.502. The normalized spacial score (nSPS) is 22.4. The van der Waals surface area contributed by atoms with E-state index >= 15 is 0 Å². The second-order valence-electron chi connectivity index (χ2n) is 5.30. The zero-order valence-electron chi connectivity index (χ0n) is 11.7. The van der Waals surface area contributed by atoms with Crippen LogP contribution in [0.15, 0.2) is 0 Å². The Labute approximate surface area is 106 Å². The highest BCUT2D eigenvalue weighted by molar-refractivity contribution is 5.83. The summed E-state index contributed by atoms with van der Waals surface area (Å²) in [7, 11) is 0. The molecule has 17 heavy (non-hydrogen) atoms. The second-order valence-corrected chi connectivity index (χ2v) is 5.30. The molecule has 3 nitrogen and oxygen atoms in total. The highest BCUT2D eigenvalue weighted by atomic mass is 16.5. The molecule has 0 aromatic heterocycles. The molecule has 0 aromatic rings. The third-order valence-corrected chi connectivity index (χ3v) is 3.83. The summed E-state index contributed by atoms with van der Waals surface area (Å²) in [6.07, 6.45) is 2.67. The fourth-order valence-corrected chi connectivity index (χ4v) is 2.33. The number of nitrogens with zero attached hydrogens (tertiary/aromatic N) is 1. The minimum absolute atomic E-state index is 0.188. The quantitative estimate of drug-likeness (QED) is 0.715. The molecule has 0 spiro atoms. The zero-order valence-corrected chi connectivity index (χ0v) is 11.7. The highest BCUT2D eigenvalue weighted by Gasteiger charge is 2.28. The molecular weight excluding hydrogens is 214 g/mol. The van der Waals surface area contributed by atoms with Crippen LogP contribution < -0.4 is 0 Å². The van der Waals surface area contributed by atoms with Crippen LogP contribution in [0.25, 0.3) is 0 Å². The van der Waals surface area contributed by atoms with Crippen LogP contribution in [0.3, 0.4) is 0 Å². The number of carbonyl (C=O) groups is 1. The van der Waals surface area contributed by atoms with Crippen molar-refractivity contribution in [1.82, 2.24) is 4.90 Å². The maximum atomic E-state index is 12.1. The minimum atomic E-state index is -0.188. The summed E-state index contributed by atoms with van der Waals surface area (Å²) in [5, 5.41) is 0. The van der Waals surface area contributed by atoms with Crippen molar-refractivity contribution in [2.45, 2.75) is 59.1 Å². The maximum absolute atomic E-state index is 12.1. The fraction of sp³-hybridized carbons (Fsp3) is 0.929. The summed E-state index contributed by atoms with van der Waals surface area (Å²) in [5.41, 5.74) is 0. The van der Waals surface area contributed by atoms with E-state index in [0.717, 1.165) is 25.9 Å². The van der Waals surface area contributed by atoms with E-state index in [1.54, 1.807) is 0 Å². The second kappa shape index (κ2) is 7.12. The smallest absolute Gasteiger partial charge is 0.163 e. The van der Waals surface area contributed by atoms with Gasteiger partial charge in [-0.05, 0) is 19.8 Å². The summed E-state index contributed by atoms with van der Waals surface area (Å²) in [6.45, 7) is 11.1. The molecule has 1 saturated heterocycles. The Kier molecular flexibility index (Phi) is 6.14. The standard InChI is InChI=1S/C14H27NO2/c1-5-12(6-2)9-13(16)14-10-15(11(3)4)7-8-17-14/h11-12,14H,5-10H2,1-4H3. The van der Waals surface area contributed by atoms with Gasteiger partial charge >= 0.3 is 0 Å². The highest BCUT2D eigenvalue weighted by Crippen LogP contribution is 2.17. The van der Waals surface area contributed by atoms with E-state index in [9.17, 15) is 4.79 Å². The summed E-state index contributed by atoms with van der Waals surface area (Å²) in [4.78, 5) is 14.5. The Morgan fingerprint density at radius 1 is 1.35 bits per heavy atom. The van der Waals surface area contributed by atoms with E-state index in [-0.39, 0.29) is 6.10 Å². The third-order valence-electron chi connectivity index (χ3n) is 3.83. The van der Waals surface area contributed by atoms with Gasteiger partial charge in [0.15, 0.2) is 5.78 Å². The molecule has 0 aliphatic carbocycles. The summed E-state index contributed by atoms with van der Waals surface area (Å²) < 4.78 is 5.62. The molecule has 0 N–H and O–H groups in total. The Morgan fingerprint density at radius 3 is 2.53 bits per heavy atom. The van der Waals surface area contributed by atoms with Gasteiger partial charge in [-0.2, -0.15) is 0 Å². The molecule has 0 amide bonds. The lowest BCUT2D eigenvalue weighted by molar-refractivity contribution is -0.138. The molecule has 3 heteroatoms. The number of ketones is 1. The number of hydrogen-bond acceptors (Lipinski definition) is 3. The molecule has 1 aliphatic rings. The zero-order chi connectivity index (χ0) is 12.8. The topological polar surface area (TPSA) is 29.5 Å². The molecular formula is C14H27NO2. The number of morpholine rings is 1. The van der Waals surface area contributed by atoms with Crippen molar-refractivity contribution in [3.8, 4) is 0 Å². The Hall–Kier alpha value is -0.410. The predicted octanol–water partition coefficient (Wildman–Crippen LogP) is 2.49. The van der Waals surface area contributed by atoms with Gasteiger partial charge in [0.25, 0.3) is 0 Å². The molecule has 0 radical (unpaired) electrons. The van der Waals surface area contributed by atoms with Crippen LogP contribution in [-0.2, 0) is 9.53 Å². The number of Topliss-reactive ketones (excluding diaryl/α,β-unsaturated/α-hetero) is 1. The Balaban J connectivity index is 2.46. The van der Waals surface area contributed by atoms with Gasteiger partial charge in [0.2, 0.25) is 0 Å². The number of ether oxygens (including phenoxy) is 1. The van der Waals surface area contributed by atoms with Crippen LogP contribution in [0.4, 0.5) is 0 Å². The number of rotatable bonds is 6. The van der Waals surface area contributed by atoms with Crippen LogP contribution in [0.2, 0.25) is 0 Å². The molecule has 1 atom stereocenters. The third kappa shape index (κ3) is 4.40. The molecule has 1 aliphatic heterocycles. The van der Waals surface area contributed by atoms with E-state index in [1.807, 2.05) is 0 Å². The lowest BCUT2D eigenvalue weighted by atomic mass is 9.94. The van der Waals surface area contributed by atoms with Crippen molar-refractivity contribution in [3.05, 3.63) is 0 Å². The van der Waals surface area contributed by atoms with Crippen molar-refractivity contribution >= 4 is 5.78 Å². The van der Waals surface area contributed by atoms with Crippen LogP contribution >= 0.6 is 0 Å². The minimum Gasteiger partial charge on any atom is -0.368 e. The van der Waals surface area contributed by atoms with Crippen molar-refractivity contribution in [1.29, 1.82) is 0 Å². The van der Waals surface area contributed by atoms with Gasteiger partial charge < -0.3 is 4.74 Å². The van der Waals surface area contributed by atoms with Crippen molar-refractivity contribution in [3.63, 3.8) is 0 Å². The molecule has 0 aromatic carbocycles. The first-order valence-electron chi connectivity index (χ1n) is 6.96. The van der Waals surface area contributed by atoms with E-state index in [2.05, 4.69) is 32.6 Å². The van der Waals surface area contributed by atoms with Crippen LogP contribution in [-0.4, -0.2) is 42.5 Å². The van der Waals surface area contributed by atoms with Crippen molar-refractivity contribution in [2.75, 3.05) is 19.7 Å². The van der Waals surface area contributed by atoms with E-state index in [1.165, 1.54) is 0 Å². The van der Waals surface area contributed by atoms with Gasteiger partial charge in [-0.1, -0.05) is 26.7 Å². The number of hydrogen-bond donors (Lipinski definition) is 0.